The maximum Gasteiger partial charge on any atom is 0.227 e. The SMILES string of the molecule is c1ccc(-c2nc(-c3ccccc3)nc(-c3ccc4cc(-c5ccc(-n6c7ccccc7c7ccc(-c8nc9ccccc9o8)cc76)cc5)ccc4c3)n2)cc1.c1ccc(-c2nc(-c3ccccc3)nc(-c3ccc4cc(-n5c6ccccc6c6ccc(-c7nc8ccccc8o7)cc65)ccc4c3)n2)cc1. The van der Waals surface area contributed by atoms with Crippen molar-refractivity contribution < 1.29 is 8.83 Å². The summed E-state index contributed by atoms with van der Waals surface area (Å²) in [4.78, 5) is 39.0. The highest BCUT2D eigenvalue weighted by Crippen LogP contribution is 2.40. The van der Waals surface area contributed by atoms with E-state index in [2.05, 4.69) is 191 Å². The fourth-order valence-corrected chi connectivity index (χ4v) is 14.5. The van der Waals surface area contributed by atoms with E-state index in [-0.39, 0.29) is 0 Å². The zero-order chi connectivity index (χ0) is 70.0. The highest BCUT2D eigenvalue weighted by Gasteiger charge is 2.21. The van der Waals surface area contributed by atoms with Crippen LogP contribution in [0.3, 0.4) is 0 Å². The van der Waals surface area contributed by atoms with E-state index >= 15 is 0 Å². The Labute approximate surface area is 607 Å². The first-order valence-corrected chi connectivity index (χ1v) is 35.2. The summed E-state index contributed by atoms with van der Waals surface area (Å²) in [5, 5.41) is 9.23. The fourth-order valence-electron chi connectivity index (χ4n) is 14.5. The van der Waals surface area contributed by atoms with E-state index in [9.17, 15) is 0 Å². The summed E-state index contributed by atoms with van der Waals surface area (Å²) in [6, 6.07) is 121. The van der Waals surface area contributed by atoms with E-state index in [1.807, 2.05) is 170 Å². The molecule has 106 heavy (non-hydrogen) atoms. The molecule has 0 aliphatic rings. The summed E-state index contributed by atoms with van der Waals surface area (Å²) < 4.78 is 17.0. The van der Waals surface area contributed by atoms with Crippen LogP contribution in [-0.2, 0) is 0 Å². The predicted octanol–water partition coefficient (Wildman–Crippen LogP) is 23.5. The smallest absolute Gasteiger partial charge is 0.227 e. The third-order valence-electron chi connectivity index (χ3n) is 19.7. The molecule has 0 saturated carbocycles. The van der Waals surface area contributed by atoms with Crippen LogP contribution in [-0.4, -0.2) is 49.0 Å². The van der Waals surface area contributed by atoms with Gasteiger partial charge < -0.3 is 18.0 Å². The Morgan fingerprint density at radius 3 is 0.934 bits per heavy atom. The van der Waals surface area contributed by atoms with Crippen molar-refractivity contribution in [1.29, 1.82) is 0 Å². The lowest BCUT2D eigenvalue weighted by Crippen LogP contribution is -2.00. The number of oxazole rings is 2. The lowest BCUT2D eigenvalue weighted by Gasteiger charge is -2.11. The quantitative estimate of drug-likeness (QED) is 0.123. The normalized spacial score (nSPS) is 11.6. The summed E-state index contributed by atoms with van der Waals surface area (Å²) in [7, 11) is 0. The van der Waals surface area contributed by atoms with Gasteiger partial charge >= 0.3 is 0 Å². The third-order valence-corrected chi connectivity index (χ3v) is 19.7. The van der Waals surface area contributed by atoms with Crippen molar-refractivity contribution in [2.75, 3.05) is 0 Å². The van der Waals surface area contributed by atoms with Gasteiger partial charge in [-0.3, -0.25) is 0 Å². The zero-order valence-electron chi connectivity index (χ0n) is 56.8. The molecule has 0 radical (unpaired) electrons. The molecule has 0 aliphatic carbocycles. The first kappa shape index (κ1) is 61.3. The molecule has 0 atom stereocenters. The van der Waals surface area contributed by atoms with Gasteiger partial charge in [-0.15, -0.1) is 0 Å². The first-order valence-electron chi connectivity index (χ1n) is 35.2. The molecular formula is C94H58N10O2. The fraction of sp³-hybridized carbons (Fsp3) is 0. The summed E-state index contributed by atoms with van der Waals surface area (Å²) in [6.45, 7) is 0. The molecule has 0 spiro atoms. The second kappa shape index (κ2) is 25.8. The summed E-state index contributed by atoms with van der Waals surface area (Å²) in [5.41, 5.74) is 19.7. The maximum absolute atomic E-state index is 6.16. The molecule has 21 rings (SSSR count). The minimum Gasteiger partial charge on any atom is -0.436 e. The van der Waals surface area contributed by atoms with Gasteiger partial charge in [0.2, 0.25) is 11.8 Å². The molecule has 0 saturated heterocycles. The lowest BCUT2D eigenvalue weighted by atomic mass is 9.99. The van der Waals surface area contributed by atoms with Crippen LogP contribution in [0, 0.1) is 0 Å². The molecular weight excluding hydrogens is 1300 g/mol. The molecule has 0 fully saturated rings. The number of fused-ring (bicyclic) bond motifs is 10. The number of rotatable bonds is 11. The van der Waals surface area contributed by atoms with Gasteiger partial charge in [0.1, 0.15) is 11.0 Å². The Morgan fingerprint density at radius 1 is 0.189 bits per heavy atom. The standard InChI is InChI=1S/C50H31N5O.C44H27N5O/c1-3-11-33(12-4-1)47-52-48(34-13-5-2-6-14-34)54-49(53-47)38-22-21-36-29-35(19-20-37(36)30-38)32-23-26-40(27-24-32)55-44-17-9-7-15-41(44)42-28-25-39(31-45(42)55)50-51-43-16-8-10-18-46(43)56-50;1-3-11-28(12-4-1)41-46-42(29-13-5-2-6-14-29)48-43(47-41)32-20-19-31-26-34(23-21-30(31)25-32)49-38-17-9-7-15-35(38)36-24-22-33(27-39(36)49)44-45-37-16-8-10-18-40(37)50-44/h1-31H;1-27H. The van der Waals surface area contributed by atoms with Crippen LogP contribution < -0.4 is 0 Å². The predicted molar refractivity (Wildman–Crippen MR) is 427 cm³/mol. The second-order valence-corrected chi connectivity index (χ2v) is 26.3. The molecule has 12 heteroatoms. The van der Waals surface area contributed by atoms with Crippen molar-refractivity contribution in [2.45, 2.75) is 0 Å². The molecule has 0 N–H and O–H groups in total. The number of hydrogen-bond donors (Lipinski definition) is 0. The number of benzene rings is 15. The minimum atomic E-state index is 0.611. The van der Waals surface area contributed by atoms with Gasteiger partial charge in [-0.25, -0.2) is 39.9 Å². The van der Waals surface area contributed by atoms with Gasteiger partial charge in [0.15, 0.2) is 46.1 Å². The Kier molecular flexibility index (Phi) is 14.9. The van der Waals surface area contributed by atoms with Crippen LogP contribution in [0.2, 0.25) is 0 Å². The molecule has 6 heterocycles. The van der Waals surface area contributed by atoms with Gasteiger partial charge in [0.05, 0.1) is 22.1 Å². The number of hydrogen-bond acceptors (Lipinski definition) is 10. The van der Waals surface area contributed by atoms with Crippen LogP contribution in [0.25, 0.3) is 201 Å². The Balaban J connectivity index is 0.000000141. The van der Waals surface area contributed by atoms with Gasteiger partial charge in [0.25, 0.3) is 0 Å². The Bertz CT molecular complexity index is 6770. The van der Waals surface area contributed by atoms with E-state index in [1.54, 1.807) is 0 Å². The van der Waals surface area contributed by atoms with Crippen LogP contribution in [0.15, 0.2) is 361 Å². The highest BCUT2D eigenvalue weighted by atomic mass is 16.4. The van der Waals surface area contributed by atoms with Crippen molar-refractivity contribution in [1.82, 2.24) is 49.0 Å². The van der Waals surface area contributed by atoms with Crippen molar-refractivity contribution in [3.05, 3.63) is 352 Å². The molecule has 0 unspecified atom stereocenters. The molecule has 12 nitrogen and oxygen atoms in total. The topological polar surface area (TPSA) is 139 Å². The van der Waals surface area contributed by atoms with Crippen molar-refractivity contribution >= 4 is 87.4 Å². The maximum atomic E-state index is 6.16. The molecule has 21 aromatic rings. The van der Waals surface area contributed by atoms with E-state index in [0.717, 1.165) is 133 Å². The van der Waals surface area contributed by atoms with Gasteiger partial charge in [-0.05, 0) is 136 Å². The minimum absolute atomic E-state index is 0.611. The lowest BCUT2D eigenvalue weighted by molar-refractivity contribution is 0.619. The van der Waals surface area contributed by atoms with E-state index < -0.39 is 0 Å². The third kappa shape index (κ3) is 11.2. The molecule has 0 amide bonds. The van der Waals surface area contributed by atoms with Gasteiger partial charge in [-0.2, -0.15) is 0 Å². The van der Waals surface area contributed by atoms with Crippen molar-refractivity contribution in [2.24, 2.45) is 0 Å². The first-order chi connectivity index (χ1) is 52.5. The van der Waals surface area contributed by atoms with Crippen molar-refractivity contribution in [3.63, 3.8) is 0 Å². The molecule has 15 aromatic carbocycles. The number of aromatic nitrogens is 10. The summed E-state index contributed by atoms with van der Waals surface area (Å²) >= 11 is 0. The number of para-hydroxylation sites is 6. The summed E-state index contributed by atoms with van der Waals surface area (Å²) in [6.07, 6.45) is 0. The molecule has 496 valence electrons. The van der Waals surface area contributed by atoms with Crippen LogP contribution in [0.1, 0.15) is 0 Å². The highest BCUT2D eigenvalue weighted by molar-refractivity contribution is 6.12. The van der Waals surface area contributed by atoms with Crippen molar-refractivity contribution in [3.8, 4) is 114 Å². The van der Waals surface area contributed by atoms with E-state index in [1.165, 1.54) is 21.5 Å². The van der Waals surface area contributed by atoms with Crippen LogP contribution in [0.5, 0.6) is 0 Å². The van der Waals surface area contributed by atoms with E-state index in [0.29, 0.717) is 46.7 Å². The Hall–Kier alpha value is -14.6. The van der Waals surface area contributed by atoms with Crippen LogP contribution in [0.4, 0.5) is 0 Å². The molecule has 0 bridgehead atoms. The van der Waals surface area contributed by atoms with Gasteiger partial charge in [-0.1, -0.05) is 249 Å². The Morgan fingerprint density at radius 2 is 0.500 bits per heavy atom. The second-order valence-electron chi connectivity index (χ2n) is 26.3. The molecule has 0 aliphatic heterocycles. The monoisotopic (exact) mass is 1360 g/mol. The largest absolute Gasteiger partial charge is 0.436 e. The van der Waals surface area contributed by atoms with Gasteiger partial charge in [0, 0.05) is 77.4 Å². The average molecular weight is 1360 g/mol. The zero-order valence-corrected chi connectivity index (χ0v) is 56.8. The van der Waals surface area contributed by atoms with Crippen LogP contribution >= 0.6 is 0 Å². The number of nitrogens with zero attached hydrogens (tertiary/aromatic N) is 10. The molecule has 6 aromatic heterocycles. The average Bonchev–Trinajstić information content (AvgIpc) is 1.59. The summed E-state index contributed by atoms with van der Waals surface area (Å²) in [5.74, 6) is 5.10. The van der Waals surface area contributed by atoms with E-state index in [4.69, 9.17) is 48.7 Å².